The van der Waals surface area contributed by atoms with Crippen molar-refractivity contribution in [3.8, 4) is 0 Å². The molecule has 17 heavy (non-hydrogen) atoms. The van der Waals surface area contributed by atoms with Gasteiger partial charge in [-0.3, -0.25) is 4.79 Å². The predicted octanol–water partition coefficient (Wildman–Crippen LogP) is 2.68. The monoisotopic (exact) mass is 357 g/mol. The number of carbonyl (C=O) groups is 1. The third-order valence-corrected chi connectivity index (χ3v) is 3.17. The molecule has 1 aromatic carbocycles. The SMILES string of the molecule is CC(N)(C(=O)Cc1ccc(I)cc1)C(F)(F)F. The van der Waals surface area contributed by atoms with Crippen molar-refractivity contribution in [1.29, 1.82) is 0 Å². The Bertz CT molecular complexity index is 412. The van der Waals surface area contributed by atoms with Gasteiger partial charge in [-0.15, -0.1) is 0 Å². The van der Waals surface area contributed by atoms with Crippen LogP contribution in [0.2, 0.25) is 0 Å². The molecule has 0 aliphatic rings. The van der Waals surface area contributed by atoms with Gasteiger partial charge in [0.15, 0.2) is 11.3 Å². The van der Waals surface area contributed by atoms with Crippen molar-refractivity contribution in [2.24, 2.45) is 5.73 Å². The molecule has 0 fully saturated rings. The van der Waals surface area contributed by atoms with Crippen molar-refractivity contribution in [2.45, 2.75) is 25.1 Å². The molecule has 6 heteroatoms. The number of Topliss-reactive ketones (excluding diaryl/α,β-unsaturated/α-hetero) is 1. The summed E-state index contributed by atoms with van der Waals surface area (Å²) in [4.78, 5) is 11.5. The Labute approximate surface area is 111 Å². The molecule has 0 aliphatic heterocycles. The molecule has 2 N–H and O–H groups in total. The molecule has 0 radical (unpaired) electrons. The molecule has 0 bridgehead atoms. The summed E-state index contributed by atoms with van der Waals surface area (Å²) in [6.45, 7) is 0.696. The third kappa shape index (κ3) is 3.41. The van der Waals surface area contributed by atoms with Crippen molar-refractivity contribution in [3.63, 3.8) is 0 Å². The zero-order chi connectivity index (χ0) is 13.3. The maximum Gasteiger partial charge on any atom is 0.413 e. The predicted molar refractivity (Wildman–Crippen MR) is 66.5 cm³/mol. The first-order valence-corrected chi connectivity index (χ1v) is 5.86. The van der Waals surface area contributed by atoms with Gasteiger partial charge >= 0.3 is 6.18 Å². The summed E-state index contributed by atoms with van der Waals surface area (Å²) in [6.07, 6.45) is -5.04. The van der Waals surface area contributed by atoms with Crippen LogP contribution in [0.5, 0.6) is 0 Å². The van der Waals surface area contributed by atoms with Crippen molar-refractivity contribution >= 4 is 28.4 Å². The number of hydrogen-bond donors (Lipinski definition) is 1. The van der Waals surface area contributed by atoms with Gasteiger partial charge in [0.05, 0.1) is 0 Å². The minimum Gasteiger partial charge on any atom is -0.312 e. The first-order chi connectivity index (χ1) is 7.64. The maximum atomic E-state index is 12.5. The Morgan fingerprint density at radius 3 is 2.18 bits per heavy atom. The van der Waals surface area contributed by atoms with Gasteiger partial charge in [-0.05, 0) is 47.2 Å². The first kappa shape index (κ1) is 14.4. The number of halogens is 4. The van der Waals surface area contributed by atoms with Gasteiger partial charge in [0.25, 0.3) is 0 Å². The second kappa shape index (κ2) is 4.93. The van der Waals surface area contributed by atoms with Crippen LogP contribution < -0.4 is 5.73 Å². The van der Waals surface area contributed by atoms with Crippen LogP contribution in [0.25, 0.3) is 0 Å². The van der Waals surface area contributed by atoms with Crippen LogP contribution in [0.3, 0.4) is 0 Å². The fourth-order valence-corrected chi connectivity index (χ4v) is 1.49. The Morgan fingerprint density at radius 2 is 1.76 bits per heavy atom. The minimum absolute atomic E-state index is 0.316. The molecule has 94 valence electrons. The molecule has 0 saturated carbocycles. The van der Waals surface area contributed by atoms with E-state index >= 15 is 0 Å². The van der Waals surface area contributed by atoms with E-state index in [2.05, 4.69) is 22.6 Å². The van der Waals surface area contributed by atoms with E-state index in [0.29, 0.717) is 12.5 Å². The van der Waals surface area contributed by atoms with E-state index in [1.807, 2.05) is 0 Å². The second-order valence-electron chi connectivity index (χ2n) is 3.93. The number of rotatable bonds is 3. The van der Waals surface area contributed by atoms with Crippen LogP contribution in [0, 0.1) is 3.57 Å². The van der Waals surface area contributed by atoms with Crippen LogP contribution in [-0.4, -0.2) is 17.5 Å². The number of hydrogen-bond acceptors (Lipinski definition) is 2. The fourth-order valence-electron chi connectivity index (χ4n) is 1.13. The van der Waals surface area contributed by atoms with Crippen LogP contribution in [0.4, 0.5) is 13.2 Å². The normalized spacial score (nSPS) is 15.4. The number of ketones is 1. The highest BCUT2D eigenvalue weighted by Crippen LogP contribution is 2.29. The minimum atomic E-state index is -4.73. The van der Waals surface area contributed by atoms with Gasteiger partial charge in [0.1, 0.15) is 0 Å². The third-order valence-electron chi connectivity index (χ3n) is 2.45. The van der Waals surface area contributed by atoms with Crippen molar-refractivity contribution < 1.29 is 18.0 Å². The average molecular weight is 357 g/mol. The summed E-state index contributed by atoms with van der Waals surface area (Å²) < 4.78 is 38.5. The summed E-state index contributed by atoms with van der Waals surface area (Å²) in [5.41, 5.74) is 2.77. The lowest BCUT2D eigenvalue weighted by Crippen LogP contribution is -2.57. The molecule has 0 amide bonds. The lowest BCUT2D eigenvalue weighted by molar-refractivity contribution is -0.185. The molecular formula is C11H11F3INO. The lowest BCUT2D eigenvalue weighted by atomic mass is 9.92. The molecule has 0 heterocycles. The molecule has 2 nitrogen and oxygen atoms in total. The number of nitrogens with two attached hydrogens (primary N) is 1. The van der Waals surface area contributed by atoms with Crippen LogP contribution in [0.1, 0.15) is 12.5 Å². The zero-order valence-corrected chi connectivity index (χ0v) is 11.2. The van der Waals surface area contributed by atoms with Gasteiger partial charge in [-0.1, -0.05) is 12.1 Å². The number of carbonyl (C=O) groups excluding carboxylic acids is 1. The summed E-state index contributed by atoms with van der Waals surface area (Å²) in [6, 6.07) is 6.69. The Hall–Kier alpha value is -0.630. The summed E-state index contributed by atoms with van der Waals surface area (Å²) in [7, 11) is 0. The molecule has 0 aromatic heterocycles. The number of alkyl halides is 3. The highest BCUT2D eigenvalue weighted by atomic mass is 127. The molecule has 0 saturated heterocycles. The van der Waals surface area contributed by atoms with Crippen LogP contribution in [-0.2, 0) is 11.2 Å². The van der Waals surface area contributed by atoms with E-state index in [-0.39, 0.29) is 6.42 Å². The van der Waals surface area contributed by atoms with Gasteiger partial charge in [0, 0.05) is 9.99 Å². The highest BCUT2D eigenvalue weighted by molar-refractivity contribution is 14.1. The zero-order valence-electron chi connectivity index (χ0n) is 9.01. The van der Waals surface area contributed by atoms with Crippen LogP contribution in [0.15, 0.2) is 24.3 Å². The molecule has 1 unspecified atom stereocenters. The molecule has 0 spiro atoms. The summed E-state index contributed by atoms with van der Waals surface area (Å²) in [5.74, 6) is -1.04. The molecule has 1 atom stereocenters. The van der Waals surface area contributed by atoms with Gasteiger partial charge in [-0.25, -0.2) is 0 Å². The molecule has 1 aromatic rings. The van der Waals surface area contributed by atoms with Gasteiger partial charge in [0.2, 0.25) is 0 Å². The van der Waals surface area contributed by atoms with Crippen molar-refractivity contribution in [1.82, 2.24) is 0 Å². The first-order valence-electron chi connectivity index (χ1n) is 4.78. The molecule has 1 rings (SSSR count). The molecule has 0 aliphatic carbocycles. The topological polar surface area (TPSA) is 43.1 Å². The fraction of sp³-hybridized carbons (Fsp3) is 0.364. The van der Waals surface area contributed by atoms with E-state index in [1.165, 1.54) is 0 Å². The van der Waals surface area contributed by atoms with E-state index in [4.69, 9.17) is 5.73 Å². The Kier molecular flexibility index (Phi) is 4.19. The maximum absolute atomic E-state index is 12.5. The summed E-state index contributed by atoms with van der Waals surface area (Å²) >= 11 is 2.07. The van der Waals surface area contributed by atoms with Crippen LogP contribution >= 0.6 is 22.6 Å². The molecular weight excluding hydrogens is 346 g/mol. The highest BCUT2D eigenvalue weighted by Gasteiger charge is 2.53. The lowest BCUT2D eigenvalue weighted by Gasteiger charge is -2.25. The Balaban J connectivity index is 2.83. The average Bonchev–Trinajstić information content (AvgIpc) is 2.19. The van der Waals surface area contributed by atoms with E-state index in [1.54, 1.807) is 24.3 Å². The Morgan fingerprint density at radius 1 is 1.29 bits per heavy atom. The van der Waals surface area contributed by atoms with Gasteiger partial charge < -0.3 is 5.73 Å². The van der Waals surface area contributed by atoms with Crippen molar-refractivity contribution in [2.75, 3.05) is 0 Å². The van der Waals surface area contributed by atoms with E-state index in [9.17, 15) is 18.0 Å². The quantitative estimate of drug-likeness (QED) is 0.846. The second-order valence-corrected chi connectivity index (χ2v) is 5.17. The van der Waals surface area contributed by atoms with E-state index < -0.39 is 17.5 Å². The summed E-state index contributed by atoms with van der Waals surface area (Å²) in [5, 5.41) is 0. The standard InChI is InChI=1S/C11H11F3INO/c1-10(16,11(12,13)14)9(17)6-7-2-4-8(15)5-3-7/h2-5H,6,16H2,1H3. The number of benzene rings is 1. The smallest absolute Gasteiger partial charge is 0.312 e. The van der Waals surface area contributed by atoms with Gasteiger partial charge in [-0.2, -0.15) is 13.2 Å². The largest absolute Gasteiger partial charge is 0.413 e. The van der Waals surface area contributed by atoms with E-state index in [0.717, 1.165) is 3.57 Å². The van der Waals surface area contributed by atoms with Crippen molar-refractivity contribution in [3.05, 3.63) is 33.4 Å².